The molecule has 124 valence electrons. The highest BCUT2D eigenvalue weighted by Crippen LogP contribution is 2.29. The summed E-state index contributed by atoms with van der Waals surface area (Å²) >= 11 is 0. The third kappa shape index (κ3) is 2.90. The fourth-order valence-corrected chi connectivity index (χ4v) is 2.89. The molecular formula is C17H19N5O2. The third-order valence-corrected chi connectivity index (χ3v) is 4.09. The molecule has 3 aromatic rings. The molecule has 4 rings (SSSR count). The summed E-state index contributed by atoms with van der Waals surface area (Å²) in [5.74, 6) is 0.569. The summed E-state index contributed by atoms with van der Waals surface area (Å²) in [6, 6.07) is 9.90. The fourth-order valence-electron chi connectivity index (χ4n) is 2.89. The van der Waals surface area contributed by atoms with E-state index >= 15 is 0 Å². The van der Waals surface area contributed by atoms with Gasteiger partial charge in [-0.1, -0.05) is 30.3 Å². The van der Waals surface area contributed by atoms with Crippen LogP contribution in [0.5, 0.6) is 5.88 Å². The third-order valence-electron chi connectivity index (χ3n) is 4.09. The van der Waals surface area contributed by atoms with Crippen LogP contribution in [0.3, 0.4) is 0 Å². The van der Waals surface area contributed by atoms with Gasteiger partial charge in [0.15, 0.2) is 11.2 Å². The van der Waals surface area contributed by atoms with Crippen molar-refractivity contribution in [3.63, 3.8) is 0 Å². The minimum absolute atomic E-state index is 0.0555. The van der Waals surface area contributed by atoms with Gasteiger partial charge in [-0.25, -0.2) is 4.98 Å². The fraction of sp³-hybridized carbons (Fsp3) is 0.353. The Bertz CT molecular complexity index is 828. The Labute approximate surface area is 139 Å². The van der Waals surface area contributed by atoms with E-state index in [1.165, 1.54) is 0 Å². The summed E-state index contributed by atoms with van der Waals surface area (Å²) in [6.45, 7) is 1.15. The first kappa shape index (κ1) is 14.9. The van der Waals surface area contributed by atoms with Gasteiger partial charge in [-0.3, -0.25) is 4.57 Å². The van der Waals surface area contributed by atoms with Crippen molar-refractivity contribution in [3.05, 3.63) is 42.2 Å². The molecule has 0 radical (unpaired) electrons. The van der Waals surface area contributed by atoms with Crippen LogP contribution >= 0.6 is 0 Å². The molecule has 0 spiro atoms. The van der Waals surface area contributed by atoms with Gasteiger partial charge in [-0.15, -0.1) is 0 Å². The molecule has 1 atom stereocenters. The number of imidazole rings is 1. The van der Waals surface area contributed by atoms with Crippen LogP contribution in [0.15, 0.2) is 36.7 Å². The summed E-state index contributed by atoms with van der Waals surface area (Å²) in [5.41, 5.74) is 8.18. The number of fused-ring (bicyclic) bond motifs is 1. The number of nitrogens with two attached hydrogens (primary N) is 1. The second kappa shape index (κ2) is 6.45. The van der Waals surface area contributed by atoms with Crippen LogP contribution in [0.2, 0.25) is 0 Å². The number of nitrogens with zero attached hydrogens (tertiary/aromatic N) is 4. The summed E-state index contributed by atoms with van der Waals surface area (Å²) in [6.07, 6.45) is 4.83. The average Bonchev–Trinajstić information content (AvgIpc) is 3.05. The lowest BCUT2D eigenvalue weighted by Crippen LogP contribution is -2.18. The van der Waals surface area contributed by atoms with Gasteiger partial charge >= 0.3 is 0 Å². The Hall–Kier alpha value is -2.67. The molecule has 24 heavy (non-hydrogen) atoms. The first-order valence-corrected chi connectivity index (χ1v) is 8.09. The van der Waals surface area contributed by atoms with E-state index in [2.05, 4.69) is 15.0 Å². The van der Waals surface area contributed by atoms with Gasteiger partial charge in [0.2, 0.25) is 11.8 Å². The molecule has 7 nitrogen and oxygen atoms in total. The van der Waals surface area contributed by atoms with Gasteiger partial charge in [0.1, 0.15) is 12.8 Å². The molecule has 3 heterocycles. The summed E-state index contributed by atoms with van der Waals surface area (Å²) in [4.78, 5) is 13.0. The number of rotatable bonds is 4. The van der Waals surface area contributed by atoms with Gasteiger partial charge in [0.25, 0.3) is 0 Å². The van der Waals surface area contributed by atoms with Crippen molar-refractivity contribution >= 4 is 17.1 Å². The highest BCUT2D eigenvalue weighted by Gasteiger charge is 2.21. The number of hydrogen-bond acceptors (Lipinski definition) is 6. The van der Waals surface area contributed by atoms with Gasteiger partial charge in [-0.05, 0) is 24.8 Å². The molecule has 0 aliphatic carbocycles. The SMILES string of the molecule is Nc1nc(OCc2ccccc2)c2ncn(C3CCCCO3)c2n1. The van der Waals surface area contributed by atoms with Crippen LogP contribution in [0.1, 0.15) is 31.1 Å². The van der Waals surface area contributed by atoms with Crippen LogP contribution < -0.4 is 10.5 Å². The maximum atomic E-state index is 5.87. The lowest BCUT2D eigenvalue weighted by Gasteiger charge is -2.23. The van der Waals surface area contributed by atoms with Crippen molar-refractivity contribution in [1.82, 2.24) is 19.5 Å². The quantitative estimate of drug-likeness (QED) is 0.793. The zero-order valence-corrected chi connectivity index (χ0v) is 13.3. The Morgan fingerprint density at radius 2 is 2.08 bits per heavy atom. The smallest absolute Gasteiger partial charge is 0.247 e. The highest BCUT2D eigenvalue weighted by atomic mass is 16.5. The molecule has 0 bridgehead atoms. The van der Waals surface area contributed by atoms with Crippen molar-refractivity contribution in [1.29, 1.82) is 0 Å². The van der Waals surface area contributed by atoms with Gasteiger partial charge < -0.3 is 15.2 Å². The van der Waals surface area contributed by atoms with Crippen molar-refractivity contribution in [3.8, 4) is 5.88 Å². The molecular weight excluding hydrogens is 306 g/mol. The highest BCUT2D eigenvalue weighted by molar-refractivity contribution is 5.77. The molecule has 2 aromatic heterocycles. The van der Waals surface area contributed by atoms with E-state index in [1.807, 2.05) is 34.9 Å². The predicted molar refractivity (Wildman–Crippen MR) is 89.3 cm³/mol. The van der Waals surface area contributed by atoms with Crippen LogP contribution in [0.25, 0.3) is 11.2 Å². The number of anilines is 1. The van der Waals surface area contributed by atoms with E-state index in [9.17, 15) is 0 Å². The molecule has 1 fully saturated rings. The van der Waals surface area contributed by atoms with Crippen molar-refractivity contribution in [2.45, 2.75) is 32.1 Å². The molecule has 0 saturated carbocycles. The Morgan fingerprint density at radius 1 is 1.21 bits per heavy atom. The number of benzene rings is 1. The molecule has 1 unspecified atom stereocenters. The first-order chi connectivity index (χ1) is 11.8. The monoisotopic (exact) mass is 325 g/mol. The Balaban J connectivity index is 1.64. The Kier molecular flexibility index (Phi) is 4.00. The molecule has 2 N–H and O–H groups in total. The van der Waals surface area contributed by atoms with E-state index in [0.717, 1.165) is 31.4 Å². The van der Waals surface area contributed by atoms with Gasteiger partial charge in [0.05, 0.1) is 6.33 Å². The predicted octanol–water partition coefficient (Wildman–Crippen LogP) is 2.69. The zero-order valence-electron chi connectivity index (χ0n) is 13.3. The maximum Gasteiger partial charge on any atom is 0.247 e. The van der Waals surface area contributed by atoms with E-state index in [-0.39, 0.29) is 12.2 Å². The molecule has 1 saturated heterocycles. The molecule has 0 amide bonds. The maximum absolute atomic E-state index is 5.87. The standard InChI is InChI=1S/C17H19N5O2/c18-17-20-15-14(19-11-22(15)13-8-4-5-9-23-13)16(21-17)24-10-12-6-2-1-3-7-12/h1-3,6-7,11,13H,4-5,8-10H2,(H2,18,20,21). The van der Waals surface area contributed by atoms with E-state index in [1.54, 1.807) is 6.33 Å². The molecule has 1 aliphatic heterocycles. The van der Waals surface area contributed by atoms with Gasteiger partial charge in [0, 0.05) is 6.61 Å². The number of aromatic nitrogens is 4. The number of hydrogen-bond donors (Lipinski definition) is 1. The summed E-state index contributed by atoms with van der Waals surface area (Å²) < 4.78 is 13.6. The lowest BCUT2D eigenvalue weighted by molar-refractivity contribution is -0.0298. The van der Waals surface area contributed by atoms with Crippen LogP contribution in [-0.2, 0) is 11.3 Å². The van der Waals surface area contributed by atoms with Gasteiger partial charge in [-0.2, -0.15) is 9.97 Å². The normalized spacial score (nSPS) is 17.9. The van der Waals surface area contributed by atoms with E-state index < -0.39 is 0 Å². The molecule has 7 heteroatoms. The van der Waals surface area contributed by atoms with Crippen LogP contribution in [0.4, 0.5) is 5.95 Å². The summed E-state index contributed by atoms with van der Waals surface area (Å²) in [5, 5.41) is 0. The first-order valence-electron chi connectivity index (χ1n) is 8.09. The average molecular weight is 325 g/mol. The van der Waals surface area contributed by atoms with Crippen molar-refractivity contribution in [2.24, 2.45) is 0 Å². The van der Waals surface area contributed by atoms with Crippen molar-refractivity contribution in [2.75, 3.05) is 12.3 Å². The molecule has 1 aromatic carbocycles. The summed E-state index contributed by atoms with van der Waals surface area (Å²) in [7, 11) is 0. The molecule has 1 aliphatic rings. The van der Waals surface area contributed by atoms with Crippen LogP contribution in [0, 0.1) is 0 Å². The van der Waals surface area contributed by atoms with E-state index in [4.69, 9.17) is 15.2 Å². The minimum atomic E-state index is -0.0555. The topological polar surface area (TPSA) is 88.1 Å². The van der Waals surface area contributed by atoms with Crippen LogP contribution in [-0.4, -0.2) is 26.1 Å². The number of nitrogen functional groups attached to an aromatic ring is 1. The van der Waals surface area contributed by atoms with Crippen molar-refractivity contribution < 1.29 is 9.47 Å². The minimum Gasteiger partial charge on any atom is -0.471 e. The Morgan fingerprint density at radius 3 is 2.88 bits per heavy atom. The second-order valence-corrected chi connectivity index (χ2v) is 5.81. The zero-order chi connectivity index (χ0) is 16.4. The largest absolute Gasteiger partial charge is 0.471 e. The second-order valence-electron chi connectivity index (χ2n) is 5.81. The lowest BCUT2D eigenvalue weighted by atomic mass is 10.2. The number of ether oxygens (including phenoxy) is 2. The van der Waals surface area contributed by atoms with E-state index in [0.29, 0.717) is 23.7 Å².